The molecule has 0 saturated heterocycles. The van der Waals surface area contributed by atoms with Crippen LogP contribution in [0, 0.1) is 11.6 Å². The van der Waals surface area contributed by atoms with Gasteiger partial charge >= 0.3 is 11.9 Å². The summed E-state index contributed by atoms with van der Waals surface area (Å²) in [6, 6.07) is 4.51. The molecule has 0 radical (unpaired) electrons. The van der Waals surface area contributed by atoms with Crippen molar-refractivity contribution in [1.82, 2.24) is 0 Å². The Balaban J connectivity index is 0.000000177. The summed E-state index contributed by atoms with van der Waals surface area (Å²) in [6.45, 7) is -0.532. The van der Waals surface area contributed by atoms with Gasteiger partial charge in [-0.15, -0.1) is 0 Å². The van der Waals surface area contributed by atoms with E-state index in [9.17, 15) is 37.5 Å². The normalized spacial score (nSPS) is 19.7. The number of ether oxygens (including phenoxy) is 3. The number of anilines is 3. The van der Waals surface area contributed by atoms with Gasteiger partial charge < -0.3 is 19.5 Å². The van der Waals surface area contributed by atoms with Gasteiger partial charge in [0.15, 0.2) is 6.61 Å². The Labute approximate surface area is 343 Å². The third-order valence-corrected chi connectivity index (χ3v) is 11.9. The van der Waals surface area contributed by atoms with Crippen LogP contribution in [0.4, 0.5) is 25.8 Å². The van der Waals surface area contributed by atoms with Gasteiger partial charge in [-0.1, -0.05) is 23.2 Å². The first-order valence-electron chi connectivity index (χ1n) is 19.9. The topological polar surface area (TPSA) is 149 Å². The number of amides is 4. The van der Waals surface area contributed by atoms with Gasteiger partial charge in [-0.25, -0.2) is 23.4 Å². The third kappa shape index (κ3) is 8.78. The maximum Gasteiger partial charge on any atom is 0.344 e. The second kappa shape index (κ2) is 18.0. The van der Waals surface area contributed by atoms with Crippen molar-refractivity contribution < 1.29 is 51.8 Å². The minimum absolute atomic E-state index is 0.0110. The molecule has 4 aliphatic carbocycles. The first-order chi connectivity index (χ1) is 27.9. The standard InChI is InChI=1S/C21H22ClFN2O4.C21H21ClFNO5/c22-15-9-16(23)18(25-20(27)13-7-3-4-8-14(13)21(25)28)10-17(15)24-11-19(26)29-12-5-1-2-6-12;22-15-9-16(23)17(24-20(26)13-7-3-4-8-14(13)21(24)27)10-18(15)28-11-19(25)29-12-5-1-2-6-12/h9-10,12,24H,1-8,11H2;9-10,12H,1-8,11H2. The summed E-state index contributed by atoms with van der Waals surface area (Å²) in [5, 5.41) is 2.83. The number of imide groups is 2. The molecule has 0 bridgehead atoms. The number of nitrogens with one attached hydrogen (secondary N) is 1. The largest absolute Gasteiger partial charge is 0.480 e. The van der Waals surface area contributed by atoms with Crippen molar-refractivity contribution in [1.29, 1.82) is 0 Å². The lowest BCUT2D eigenvalue weighted by Crippen LogP contribution is -2.32. The molecule has 58 heavy (non-hydrogen) atoms. The number of nitrogens with zero attached hydrogens (tertiary/aromatic N) is 2. The molecular weight excluding hydrogens is 799 g/mol. The predicted molar refractivity (Wildman–Crippen MR) is 209 cm³/mol. The SMILES string of the molecule is O=C(CNc1cc(N2C(=O)C3=C(CCCC3)C2=O)c(F)cc1Cl)OC1CCCC1.O=C(COc1cc(N2C(=O)C3=C(CCCC3)C2=O)c(F)cc1Cl)OC1CCCC1. The van der Waals surface area contributed by atoms with Crippen molar-refractivity contribution in [3.8, 4) is 5.75 Å². The van der Waals surface area contributed by atoms with E-state index in [-0.39, 0.29) is 51.6 Å². The Morgan fingerprint density at radius 1 is 0.603 bits per heavy atom. The van der Waals surface area contributed by atoms with Crippen LogP contribution in [0.2, 0.25) is 10.0 Å². The fourth-order valence-corrected chi connectivity index (χ4v) is 8.75. The molecule has 0 spiro atoms. The minimum atomic E-state index is -0.808. The molecule has 2 saturated carbocycles. The molecule has 16 heteroatoms. The van der Waals surface area contributed by atoms with Crippen LogP contribution in [0.3, 0.4) is 0 Å². The summed E-state index contributed by atoms with van der Waals surface area (Å²) in [4.78, 5) is 76.5. The van der Waals surface area contributed by atoms with Gasteiger partial charge in [-0.05, 0) is 121 Å². The van der Waals surface area contributed by atoms with Gasteiger partial charge in [0.1, 0.15) is 36.1 Å². The van der Waals surface area contributed by atoms with Crippen LogP contribution in [0.1, 0.15) is 103 Å². The number of halogens is 4. The van der Waals surface area contributed by atoms with E-state index in [2.05, 4.69) is 5.32 Å². The van der Waals surface area contributed by atoms with E-state index in [0.717, 1.165) is 99.0 Å². The predicted octanol–water partition coefficient (Wildman–Crippen LogP) is 8.21. The smallest absolute Gasteiger partial charge is 0.344 e. The van der Waals surface area contributed by atoms with Gasteiger partial charge in [-0.2, -0.15) is 0 Å². The molecule has 308 valence electrons. The number of esters is 2. The fourth-order valence-electron chi connectivity index (χ4n) is 8.33. The lowest BCUT2D eigenvalue weighted by Gasteiger charge is -2.18. The Bertz CT molecular complexity index is 1910. The molecule has 2 fully saturated rings. The first-order valence-corrected chi connectivity index (χ1v) is 20.6. The summed E-state index contributed by atoms with van der Waals surface area (Å²) in [6.07, 6.45) is 12.8. The fraction of sp³-hybridized carbons (Fsp3) is 0.476. The molecule has 2 heterocycles. The van der Waals surface area contributed by atoms with E-state index >= 15 is 0 Å². The van der Waals surface area contributed by atoms with Gasteiger partial charge in [0.2, 0.25) is 0 Å². The second-order valence-corrected chi connectivity index (χ2v) is 16.0. The summed E-state index contributed by atoms with van der Waals surface area (Å²) in [5.74, 6) is -4.48. The van der Waals surface area contributed by atoms with Gasteiger partial charge in [-0.3, -0.25) is 24.0 Å². The quantitative estimate of drug-likeness (QED) is 0.183. The van der Waals surface area contributed by atoms with E-state index in [0.29, 0.717) is 48.0 Å². The van der Waals surface area contributed by atoms with E-state index in [4.69, 9.17) is 37.4 Å². The lowest BCUT2D eigenvalue weighted by atomic mass is 9.93. The van der Waals surface area contributed by atoms with Gasteiger partial charge in [0.25, 0.3) is 23.6 Å². The summed E-state index contributed by atoms with van der Waals surface area (Å²) < 4.78 is 45.3. The summed E-state index contributed by atoms with van der Waals surface area (Å²) in [5.41, 5.74) is 1.74. The van der Waals surface area contributed by atoms with Crippen LogP contribution >= 0.6 is 23.2 Å². The Kier molecular flexibility index (Phi) is 12.8. The van der Waals surface area contributed by atoms with Crippen LogP contribution in [0.5, 0.6) is 5.75 Å². The lowest BCUT2D eigenvalue weighted by molar-refractivity contribution is -0.151. The molecule has 2 aromatic carbocycles. The highest BCUT2D eigenvalue weighted by Crippen LogP contribution is 2.41. The first kappa shape index (κ1) is 41.3. The highest BCUT2D eigenvalue weighted by Gasteiger charge is 2.42. The van der Waals surface area contributed by atoms with E-state index in [1.807, 2.05) is 0 Å². The summed E-state index contributed by atoms with van der Waals surface area (Å²) in [7, 11) is 0. The Hall–Kier alpha value is -4.82. The zero-order valence-electron chi connectivity index (χ0n) is 31.8. The average molecular weight is 843 g/mol. The Morgan fingerprint density at radius 3 is 1.48 bits per heavy atom. The molecule has 8 rings (SSSR count). The van der Waals surface area contributed by atoms with Crippen molar-refractivity contribution in [2.24, 2.45) is 0 Å². The highest BCUT2D eigenvalue weighted by molar-refractivity contribution is 6.36. The van der Waals surface area contributed by atoms with E-state index < -0.39 is 53.8 Å². The molecule has 0 atom stereocenters. The maximum absolute atomic E-state index is 14.6. The van der Waals surface area contributed by atoms with Gasteiger partial charge in [0, 0.05) is 28.4 Å². The van der Waals surface area contributed by atoms with Crippen LogP contribution in [0.25, 0.3) is 0 Å². The van der Waals surface area contributed by atoms with Crippen LogP contribution in [-0.2, 0) is 38.2 Å². The van der Waals surface area contributed by atoms with Crippen LogP contribution < -0.4 is 19.9 Å². The molecule has 0 unspecified atom stereocenters. The molecule has 1 N–H and O–H groups in total. The van der Waals surface area contributed by atoms with Crippen LogP contribution in [-0.4, -0.2) is 60.9 Å². The molecule has 0 aromatic heterocycles. The number of hydrogen-bond acceptors (Lipinski definition) is 10. The number of benzene rings is 2. The number of hydrogen-bond donors (Lipinski definition) is 1. The minimum Gasteiger partial charge on any atom is -0.480 e. The number of carbonyl (C=O) groups excluding carboxylic acids is 6. The third-order valence-electron chi connectivity index (χ3n) is 11.3. The number of carbonyl (C=O) groups is 6. The molecule has 2 aliphatic heterocycles. The molecule has 6 aliphatic rings. The van der Waals surface area contributed by atoms with E-state index in [1.54, 1.807) is 0 Å². The van der Waals surface area contributed by atoms with Crippen LogP contribution in [0.15, 0.2) is 46.6 Å². The van der Waals surface area contributed by atoms with Crippen molar-refractivity contribution >= 4 is 75.8 Å². The second-order valence-electron chi connectivity index (χ2n) is 15.2. The monoisotopic (exact) mass is 841 g/mol. The van der Waals surface area contributed by atoms with Crippen molar-refractivity contribution in [3.05, 3.63) is 68.2 Å². The van der Waals surface area contributed by atoms with E-state index in [1.165, 1.54) is 12.1 Å². The zero-order chi connectivity index (χ0) is 41.1. The Morgan fingerprint density at radius 2 is 1.02 bits per heavy atom. The number of rotatable bonds is 10. The van der Waals surface area contributed by atoms with Crippen molar-refractivity contribution in [3.63, 3.8) is 0 Å². The summed E-state index contributed by atoms with van der Waals surface area (Å²) >= 11 is 12.1. The van der Waals surface area contributed by atoms with Crippen molar-refractivity contribution in [2.75, 3.05) is 28.3 Å². The molecule has 12 nitrogen and oxygen atoms in total. The molecule has 4 amide bonds. The highest BCUT2D eigenvalue weighted by atomic mass is 35.5. The van der Waals surface area contributed by atoms with Crippen molar-refractivity contribution in [2.45, 2.75) is 115 Å². The van der Waals surface area contributed by atoms with Gasteiger partial charge in [0.05, 0.1) is 27.1 Å². The average Bonchev–Trinajstić information content (AvgIpc) is 4.01. The molecule has 2 aromatic rings. The maximum atomic E-state index is 14.6. The molecular formula is C42H43Cl2F2N3O9. The zero-order valence-corrected chi connectivity index (χ0v) is 33.3.